The molecule has 2 saturated carbocycles. The number of aromatic amines is 1. The summed E-state index contributed by atoms with van der Waals surface area (Å²) < 4.78 is 4.28. The summed E-state index contributed by atoms with van der Waals surface area (Å²) in [7, 11) is 0. The lowest BCUT2D eigenvalue weighted by molar-refractivity contribution is 0.317. The number of H-pyrrole nitrogens is 1. The van der Waals surface area contributed by atoms with Crippen molar-refractivity contribution >= 4 is 23.0 Å². The van der Waals surface area contributed by atoms with Crippen LogP contribution < -0.4 is 5.56 Å². The second kappa shape index (κ2) is 5.62. The van der Waals surface area contributed by atoms with Crippen LogP contribution in [0.15, 0.2) is 35.3 Å². The second-order valence-corrected chi connectivity index (χ2v) is 7.64. The smallest absolute Gasteiger partial charge is 0.275 e. The molecule has 0 spiro atoms. The average Bonchev–Trinajstić information content (AvgIpc) is 3.33. The number of aromatic nitrogens is 5. The van der Waals surface area contributed by atoms with E-state index in [1.54, 1.807) is 6.20 Å². The molecule has 2 aromatic heterocycles. The van der Waals surface area contributed by atoms with E-state index in [0.717, 1.165) is 17.1 Å². The number of nitrogens with zero attached hydrogens (tertiary/aromatic N) is 4. The Hall–Kier alpha value is -2.28. The summed E-state index contributed by atoms with van der Waals surface area (Å²) in [5, 5.41) is 13.2. The Bertz CT molecular complexity index is 1070. The molecule has 128 valence electrons. The Balaban J connectivity index is 1.55. The van der Waals surface area contributed by atoms with E-state index in [1.807, 2.05) is 24.3 Å². The zero-order valence-corrected chi connectivity index (χ0v) is 14.6. The molecule has 25 heavy (non-hydrogen) atoms. The van der Waals surface area contributed by atoms with Gasteiger partial charge in [-0.3, -0.25) is 14.5 Å². The highest BCUT2D eigenvalue weighted by atomic mass is 32.1. The van der Waals surface area contributed by atoms with Crippen molar-refractivity contribution in [2.75, 3.05) is 0 Å². The largest absolute Gasteiger partial charge is 0.299 e. The first-order valence-corrected chi connectivity index (χ1v) is 9.22. The van der Waals surface area contributed by atoms with E-state index in [1.165, 1.54) is 30.4 Å². The lowest BCUT2D eigenvalue weighted by Crippen LogP contribution is -2.26. The maximum atomic E-state index is 12.7. The van der Waals surface area contributed by atoms with Crippen LogP contribution in [0, 0.1) is 16.6 Å². The highest BCUT2D eigenvalue weighted by molar-refractivity contribution is 7.71. The van der Waals surface area contributed by atoms with Crippen molar-refractivity contribution < 1.29 is 0 Å². The topological polar surface area (TPSA) is 68.5 Å². The SMILES string of the molecule is O=c1c2ccccc2cnn1Cc1n[nH]c(=S)n1[C@@H]1C[C@@H]2CC[C@@H]1C2. The van der Waals surface area contributed by atoms with Crippen LogP contribution in [0.1, 0.15) is 37.5 Å². The number of rotatable bonds is 3. The van der Waals surface area contributed by atoms with Crippen LogP contribution in [-0.2, 0) is 6.54 Å². The normalized spacial score (nSPS) is 25.0. The Morgan fingerprint density at radius 3 is 2.92 bits per heavy atom. The molecular formula is C18H19N5OS. The third-order valence-corrected chi connectivity index (χ3v) is 6.15. The molecule has 0 saturated heterocycles. The predicted molar refractivity (Wildman–Crippen MR) is 97.0 cm³/mol. The fraction of sp³-hybridized carbons (Fsp3) is 0.444. The van der Waals surface area contributed by atoms with E-state index < -0.39 is 0 Å². The van der Waals surface area contributed by atoms with Gasteiger partial charge >= 0.3 is 0 Å². The quantitative estimate of drug-likeness (QED) is 0.735. The van der Waals surface area contributed by atoms with Gasteiger partial charge in [0.25, 0.3) is 5.56 Å². The van der Waals surface area contributed by atoms with Crippen molar-refractivity contribution in [3.8, 4) is 0 Å². The van der Waals surface area contributed by atoms with Gasteiger partial charge in [0.1, 0.15) is 6.54 Å². The summed E-state index contributed by atoms with van der Waals surface area (Å²) >= 11 is 5.49. The first-order valence-electron chi connectivity index (χ1n) is 8.81. The van der Waals surface area contributed by atoms with Crippen LogP contribution in [0.4, 0.5) is 0 Å². The van der Waals surface area contributed by atoms with Gasteiger partial charge in [-0.1, -0.05) is 24.6 Å². The fourth-order valence-corrected chi connectivity index (χ4v) is 4.98. The number of hydrogen-bond donors (Lipinski definition) is 1. The van der Waals surface area contributed by atoms with Crippen LogP contribution in [0.3, 0.4) is 0 Å². The minimum Gasteiger partial charge on any atom is -0.299 e. The molecule has 6 nitrogen and oxygen atoms in total. The van der Waals surface area contributed by atoms with Crippen molar-refractivity contribution in [3.63, 3.8) is 0 Å². The summed E-state index contributed by atoms with van der Waals surface area (Å²) in [6.07, 6.45) is 6.82. The third kappa shape index (κ3) is 2.37. The lowest BCUT2D eigenvalue weighted by Gasteiger charge is -2.24. The van der Waals surface area contributed by atoms with E-state index in [4.69, 9.17) is 12.2 Å². The van der Waals surface area contributed by atoms with Crippen molar-refractivity contribution in [2.24, 2.45) is 11.8 Å². The Kier molecular flexibility index (Phi) is 3.38. The maximum absolute atomic E-state index is 12.7. The van der Waals surface area contributed by atoms with Gasteiger partial charge in [-0.15, -0.1) is 0 Å². The average molecular weight is 353 g/mol. The zero-order chi connectivity index (χ0) is 17.0. The predicted octanol–water partition coefficient (Wildman–Crippen LogP) is 3.06. The summed E-state index contributed by atoms with van der Waals surface area (Å²) in [6.45, 7) is 0.338. The molecule has 2 aliphatic carbocycles. The minimum absolute atomic E-state index is 0.0912. The minimum atomic E-state index is -0.0912. The van der Waals surface area contributed by atoms with Gasteiger partial charge in [-0.05, 0) is 49.4 Å². The molecule has 0 radical (unpaired) electrons. The molecular weight excluding hydrogens is 334 g/mol. The van der Waals surface area contributed by atoms with Gasteiger partial charge in [-0.2, -0.15) is 10.2 Å². The maximum Gasteiger partial charge on any atom is 0.275 e. The molecule has 0 unspecified atom stereocenters. The van der Waals surface area contributed by atoms with E-state index in [2.05, 4.69) is 19.9 Å². The van der Waals surface area contributed by atoms with Gasteiger partial charge in [0.05, 0.1) is 11.6 Å². The van der Waals surface area contributed by atoms with E-state index in [0.29, 0.717) is 28.7 Å². The van der Waals surface area contributed by atoms with Crippen LogP contribution >= 0.6 is 12.2 Å². The standard InChI is InChI=1S/C18H19N5OS/c24-17-14-4-2-1-3-13(14)9-19-22(17)10-16-20-21-18(25)23(16)15-8-11-5-6-12(15)7-11/h1-4,9,11-12,15H,5-8,10H2,(H,21,25)/t11-,12-,15-/m1/s1. The van der Waals surface area contributed by atoms with Crippen molar-refractivity contribution in [3.05, 3.63) is 51.4 Å². The number of hydrogen-bond acceptors (Lipinski definition) is 4. The number of benzene rings is 1. The number of nitrogens with one attached hydrogen (secondary N) is 1. The molecule has 2 aliphatic rings. The fourth-order valence-electron chi connectivity index (χ4n) is 4.69. The molecule has 3 aromatic rings. The highest BCUT2D eigenvalue weighted by Gasteiger charge is 2.41. The molecule has 2 heterocycles. The summed E-state index contributed by atoms with van der Waals surface area (Å²) in [5.74, 6) is 2.31. The van der Waals surface area contributed by atoms with Crippen molar-refractivity contribution in [1.82, 2.24) is 24.5 Å². The molecule has 1 aromatic carbocycles. The monoisotopic (exact) mass is 353 g/mol. The number of fused-ring (bicyclic) bond motifs is 3. The van der Waals surface area contributed by atoms with Crippen molar-refractivity contribution in [2.45, 2.75) is 38.3 Å². The third-order valence-electron chi connectivity index (χ3n) is 5.86. The first kappa shape index (κ1) is 15.0. The van der Waals surface area contributed by atoms with Gasteiger partial charge in [-0.25, -0.2) is 4.68 Å². The second-order valence-electron chi connectivity index (χ2n) is 7.25. The summed E-state index contributed by atoms with van der Waals surface area (Å²) in [4.78, 5) is 12.7. The van der Waals surface area contributed by atoms with E-state index in [9.17, 15) is 4.79 Å². The molecule has 2 bridgehead atoms. The molecule has 5 rings (SSSR count). The van der Waals surface area contributed by atoms with Crippen LogP contribution in [0.2, 0.25) is 0 Å². The molecule has 3 atom stereocenters. The summed E-state index contributed by atoms with van der Waals surface area (Å²) in [6, 6.07) is 7.94. The Labute approximate surface area is 149 Å². The van der Waals surface area contributed by atoms with Gasteiger partial charge in [0.2, 0.25) is 0 Å². The van der Waals surface area contributed by atoms with Crippen molar-refractivity contribution in [1.29, 1.82) is 0 Å². The molecule has 1 N–H and O–H groups in total. The Morgan fingerprint density at radius 2 is 2.12 bits per heavy atom. The molecule has 7 heteroatoms. The molecule has 2 fully saturated rings. The van der Waals surface area contributed by atoms with Gasteiger partial charge < -0.3 is 0 Å². The zero-order valence-electron chi connectivity index (χ0n) is 13.8. The van der Waals surface area contributed by atoms with Crippen LogP contribution in [-0.4, -0.2) is 24.5 Å². The lowest BCUT2D eigenvalue weighted by atomic mass is 9.95. The van der Waals surface area contributed by atoms with Gasteiger partial charge in [0, 0.05) is 11.4 Å². The highest BCUT2D eigenvalue weighted by Crippen LogP contribution is 2.50. The van der Waals surface area contributed by atoms with Crippen LogP contribution in [0.25, 0.3) is 10.8 Å². The first-order chi connectivity index (χ1) is 12.2. The Morgan fingerprint density at radius 1 is 1.24 bits per heavy atom. The van der Waals surface area contributed by atoms with Crippen LogP contribution in [0.5, 0.6) is 0 Å². The van der Waals surface area contributed by atoms with Gasteiger partial charge in [0.15, 0.2) is 10.6 Å². The molecule has 0 aliphatic heterocycles. The summed E-state index contributed by atoms with van der Waals surface area (Å²) in [5.41, 5.74) is -0.0912. The van der Waals surface area contributed by atoms with E-state index in [-0.39, 0.29) is 5.56 Å². The molecule has 0 amide bonds. The van der Waals surface area contributed by atoms with E-state index >= 15 is 0 Å².